The highest BCUT2D eigenvalue weighted by molar-refractivity contribution is 5.93. The molecule has 0 spiro atoms. The van der Waals surface area contributed by atoms with Crippen LogP contribution in [0.25, 0.3) is 0 Å². The number of anilines is 1. The summed E-state index contributed by atoms with van der Waals surface area (Å²) in [6.07, 6.45) is -0.154. The normalized spacial score (nSPS) is 16.2. The monoisotopic (exact) mass is 262 g/mol. The first-order chi connectivity index (χ1) is 9.15. The third-order valence-corrected chi connectivity index (χ3v) is 2.98. The highest BCUT2D eigenvalue weighted by Crippen LogP contribution is 2.15. The molecular formula is C14H18N2O3. The highest BCUT2D eigenvalue weighted by atomic mass is 16.7. The van der Waals surface area contributed by atoms with Crippen LogP contribution in [-0.4, -0.2) is 43.0 Å². The summed E-state index contributed by atoms with van der Waals surface area (Å²) >= 11 is 0. The molecule has 5 nitrogen and oxygen atoms in total. The number of piperazine rings is 1. The molecule has 0 saturated carbocycles. The lowest BCUT2D eigenvalue weighted by Gasteiger charge is -2.34. The van der Waals surface area contributed by atoms with Crippen LogP contribution in [0.15, 0.2) is 30.3 Å². The third-order valence-electron chi connectivity index (χ3n) is 2.98. The van der Waals surface area contributed by atoms with Crippen molar-refractivity contribution in [2.45, 2.75) is 13.3 Å². The molecule has 1 fully saturated rings. The molecule has 0 amide bonds. The number of carbonyl (C=O) groups is 2. The Bertz CT molecular complexity index is 439. The van der Waals surface area contributed by atoms with E-state index in [0.717, 1.165) is 13.1 Å². The molecule has 0 unspecified atom stereocenters. The summed E-state index contributed by atoms with van der Waals surface area (Å²) in [5.74, 6) is -0.645. The topological polar surface area (TPSA) is 49.9 Å². The van der Waals surface area contributed by atoms with Crippen molar-refractivity contribution >= 4 is 17.4 Å². The molecule has 0 aromatic heterocycles. The summed E-state index contributed by atoms with van der Waals surface area (Å²) in [7, 11) is 0. The molecule has 0 radical (unpaired) electrons. The Labute approximate surface area is 112 Å². The maximum Gasteiger partial charge on any atom is 0.332 e. The van der Waals surface area contributed by atoms with E-state index in [1.54, 1.807) is 5.06 Å². The molecule has 2 rings (SSSR count). The summed E-state index contributed by atoms with van der Waals surface area (Å²) in [5, 5.41) is 1.63. The van der Waals surface area contributed by atoms with Crippen molar-refractivity contribution in [1.29, 1.82) is 0 Å². The van der Waals surface area contributed by atoms with Crippen molar-refractivity contribution in [1.82, 2.24) is 5.06 Å². The second kappa shape index (κ2) is 6.33. The largest absolute Gasteiger partial charge is 0.369 e. The predicted octanol–water partition coefficient (Wildman–Crippen LogP) is 1.25. The van der Waals surface area contributed by atoms with E-state index in [9.17, 15) is 9.59 Å². The van der Waals surface area contributed by atoms with Crippen LogP contribution < -0.4 is 4.90 Å². The van der Waals surface area contributed by atoms with Crippen molar-refractivity contribution in [3.05, 3.63) is 30.3 Å². The van der Waals surface area contributed by atoms with Gasteiger partial charge < -0.3 is 9.74 Å². The summed E-state index contributed by atoms with van der Waals surface area (Å²) in [4.78, 5) is 29.6. The number of ketones is 1. The predicted molar refractivity (Wildman–Crippen MR) is 71.6 cm³/mol. The second-order valence-corrected chi connectivity index (χ2v) is 4.59. The first-order valence-corrected chi connectivity index (χ1v) is 6.40. The molecule has 0 N–H and O–H groups in total. The number of Topliss-reactive ketones (excluding diaryl/α,β-unsaturated/α-hetero) is 1. The first kappa shape index (κ1) is 13.5. The number of benzene rings is 1. The van der Waals surface area contributed by atoms with Crippen LogP contribution in [0.2, 0.25) is 0 Å². The fourth-order valence-electron chi connectivity index (χ4n) is 2.06. The Kier molecular flexibility index (Phi) is 4.52. The number of para-hydroxylation sites is 1. The minimum Gasteiger partial charge on any atom is -0.369 e. The number of rotatable bonds is 4. The Balaban J connectivity index is 1.80. The van der Waals surface area contributed by atoms with E-state index in [1.807, 2.05) is 18.2 Å². The second-order valence-electron chi connectivity index (χ2n) is 4.59. The number of hydroxylamine groups is 2. The van der Waals surface area contributed by atoms with Crippen LogP contribution in [0.1, 0.15) is 13.3 Å². The van der Waals surface area contributed by atoms with Gasteiger partial charge >= 0.3 is 5.97 Å². The summed E-state index contributed by atoms with van der Waals surface area (Å²) in [6.45, 7) is 4.29. The average Bonchev–Trinajstić information content (AvgIpc) is 2.39. The van der Waals surface area contributed by atoms with Crippen molar-refractivity contribution in [3.8, 4) is 0 Å². The lowest BCUT2D eigenvalue weighted by molar-refractivity contribution is -0.191. The molecule has 1 aliphatic heterocycles. The number of nitrogens with zero attached hydrogens (tertiary/aromatic N) is 2. The Morgan fingerprint density at radius 1 is 1.11 bits per heavy atom. The molecule has 1 heterocycles. The van der Waals surface area contributed by atoms with E-state index in [1.165, 1.54) is 12.6 Å². The van der Waals surface area contributed by atoms with Gasteiger partial charge in [0.25, 0.3) is 0 Å². The van der Waals surface area contributed by atoms with Crippen LogP contribution >= 0.6 is 0 Å². The van der Waals surface area contributed by atoms with Crippen molar-refractivity contribution in [3.63, 3.8) is 0 Å². The number of hydrogen-bond acceptors (Lipinski definition) is 5. The van der Waals surface area contributed by atoms with Crippen molar-refractivity contribution < 1.29 is 14.4 Å². The maximum atomic E-state index is 11.4. The molecule has 1 saturated heterocycles. The van der Waals surface area contributed by atoms with E-state index in [-0.39, 0.29) is 12.2 Å². The molecule has 1 aromatic carbocycles. The Morgan fingerprint density at radius 3 is 2.32 bits per heavy atom. The zero-order chi connectivity index (χ0) is 13.7. The number of carbonyl (C=O) groups excluding carboxylic acids is 2. The smallest absolute Gasteiger partial charge is 0.332 e. The molecule has 1 aromatic rings. The van der Waals surface area contributed by atoms with Crippen LogP contribution in [-0.2, 0) is 14.4 Å². The third kappa shape index (κ3) is 4.06. The standard InChI is InChI=1S/C14H18N2O3/c1-12(17)11-14(18)19-16-9-7-15(8-10-16)13-5-3-2-4-6-13/h2-6H,7-11H2,1H3. The van der Waals surface area contributed by atoms with E-state index in [0.29, 0.717) is 13.1 Å². The van der Waals surface area contributed by atoms with Gasteiger partial charge in [-0.05, 0) is 19.1 Å². The molecule has 1 aliphatic rings. The summed E-state index contributed by atoms with van der Waals surface area (Å²) in [6, 6.07) is 10.1. The summed E-state index contributed by atoms with van der Waals surface area (Å²) < 4.78 is 0. The van der Waals surface area contributed by atoms with E-state index >= 15 is 0 Å². The van der Waals surface area contributed by atoms with E-state index < -0.39 is 5.97 Å². The maximum absolute atomic E-state index is 11.4. The van der Waals surface area contributed by atoms with Gasteiger partial charge in [-0.2, -0.15) is 0 Å². The van der Waals surface area contributed by atoms with Gasteiger partial charge in [-0.15, -0.1) is 5.06 Å². The average molecular weight is 262 g/mol. The van der Waals surface area contributed by atoms with Gasteiger partial charge in [-0.25, -0.2) is 4.79 Å². The molecule has 102 valence electrons. The Morgan fingerprint density at radius 2 is 1.74 bits per heavy atom. The van der Waals surface area contributed by atoms with Gasteiger partial charge in [0.05, 0.1) is 13.1 Å². The molecule has 0 aliphatic carbocycles. The minimum atomic E-state index is -0.472. The molecular weight excluding hydrogens is 244 g/mol. The molecule has 19 heavy (non-hydrogen) atoms. The zero-order valence-corrected chi connectivity index (χ0v) is 11.0. The van der Waals surface area contributed by atoms with Gasteiger partial charge in [0.2, 0.25) is 0 Å². The Hall–Kier alpha value is -1.88. The van der Waals surface area contributed by atoms with E-state index in [4.69, 9.17) is 4.84 Å². The first-order valence-electron chi connectivity index (χ1n) is 6.40. The van der Waals surface area contributed by atoms with Crippen LogP contribution in [0.4, 0.5) is 5.69 Å². The van der Waals surface area contributed by atoms with Crippen LogP contribution in [0.3, 0.4) is 0 Å². The fourth-order valence-corrected chi connectivity index (χ4v) is 2.06. The van der Waals surface area contributed by atoms with Gasteiger partial charge in [0.1, 0.15) is 12.2 Å². The minimum absolute atomic E-state index is 0.154. The van der Waals surface area contributed by atoms with Gasteiger partial charge in [0, 0.05) is 18.8 Å². The van der Waals surface area contributed by atoms with E-state index in [2.05, 4.69) is 17.0 Å². The van der Waals surface area contributed by atoms with Gasteiger partial charge in [-0.3, -0.25) is 4.79 Å². The fraction of sp³-hybridized carbons (Fsp3) is 0.429. The number of hydrogen-bond donors (Lipinski definition) is 0. The molecule has 0 atom stereocenters. The van der Waals surface area contributed by atoms with Crippen LogP contribution in [0.5, 0.6) is 0 Å². The highest BCUT2D eigenvalue weighted by Gasteiger charge is 2.20. The zero-order valence-electron chi connectivity index (χ0n) is 11.0. The van der Waals surface area contributed by atoms with Gasteiger partial charge in [0.15, 0.2) is 0 Å². The van der Waals surface area contributed by atoms with Crippen molar-refractivity contribution in [2.24, 2.45) is 0 Å². The SMILES string of the molecule is CC(=O)CC(=O)ON1CCN(c2ccccc2)CC1. The molecule has 5 heteroatoms. The van der Waals surface area contributed by atoms with Gasteiger partial charge in [-0.1, -0.05) is 18.2 Å². The summed E-state index contributed by atoms with van der Waals surface area (Å²) in [5.41, 5.74) is 1.18. The molecule has 0 bridgehead atoms. The quantitative estimate of drug-likeness (QED) is 0.764. The lowest BCUT2D eigenvalue weighted by Crippen LogP contribution is -2.47. The lowest BCUT2D eigenvalue weighted by atomic mass is 10.2. The van der Waals surface area contributed by atoms with Crippen molar-refractivity contribution in [2.75, 3.05) is 31.1 Å². The van der Waals surface area contributed by atoms with Crippen LogP contribution in [0, 0.1) is 0 Å².